The van der Waals surface area contributed by atoms with Crippen LogP contribution in [-0.4, -0.2) is 5.91 Å². The molecule has 0 saturated carbocycles. The molecule has 6 heteroatoms. The molecule has 0 aromatic heterocycles. The maximum absolute atomic E-state index is 12.6. The third-order valence-corrected chi connectivity index (χ3v) is 2.15. The second kappa shape index (κ2) is 3.26. The Morgan fingerprint density at radius 2 is 1.88 bits per heavy atom. The Morgan fingerprint density at radius 3 is 2.50 bits per heavy atom. The lowest BCUT2D eigenvalue weighted by Gasteiger charge is -2.23. The van der Waals surface area contributed by atoms with Crippen molar-refractivity contribution in [1.82, 2.24) is 5.32 Å². The predicted molar refractivity (Wildman–Crippen MR) is 51.7 cm³/mol. The minimum Gasteiger partial charge on any atom is -0.341 e. The number of hydrogen-bond donors (Lipinski definition) is 2. The van der Waals surface area contributed by atoms with Crippen LogP contribution in [0, 0.1) is 0 Å². The van der Waals surface area contributed by atoms with E-state index in [2.05, 4.69) is 17.2 Å². The van der Waals surface area contributed by atoms with Gasteiger partial charge in [0.2, 0.25) is 0 Å². The van der Waals surface area contributed by atoms with E-state index in [9.17, 15) is 18.0 Å². The summed E-state index contributed by atoms with van der Waals surface area (Å²) in [4.78, 5) is 11.4. The van der Waals surface area contributed by atoms with Gasteiger partial charge < -0.3 is 10.6 Å². The van der Waals surface area contributed by atoms with Crippen LogP contribution in [0.15, 0.2) is 30.6 Å². The van der Waals surface area contributed by atoms with Gasteiger partial charge in [0.1, 0.15) is 5.82 Å². The van der Waals surface area contributed by atoms with Gasteiger partial charge in [-0.15, -0.1) is 0 Å². The summed E-state index contributed by atoms with van der Waals surface area (Å²) in [5.41, 5.74) is -1.16. The van der Waals surface area contributed by atoms with Crippen molar-refractivity contribution in [2.45, 2.75) is 6.18 Å². The zero-order valence-corrected chi connectivity index (χ0v) is 7.98. The molecule has 84 valence electrons. The molecule has 1 aromatic rings. The second-order valence-corrected chi connectivity index (χ2v) is 3.28. The Labute approximate surface area is 89.0 Å². The van der Waals surface area contributed by atoms with Crippen LogP contribution in [0.2, 0.25) is 0 Å². The van der Waals surface area contributed by atoms with Gasteiger partial charge in [-0.2, -0.15) is 13.2 Å². The van der Waals surface area contributed by atoms with Crippen molar-refractivity contribution in [2.24, 2.45) is 0 Å². The fourth-order valence-electron chi connectivity index (χ4n) is 1.50. The molecule has 0 spiro atoms. The van der Waals surface area contributed by atoms with Gasteiger partial charge in [-0.05, 0) is 12.1 Å². The first-order valence-corrected chi connectivity index (χ1v) is 4.37. The summed E-state index contributed by atoms with van der Waals surface area (Å²) in [5, 5.41) is 4.72. The number of halogens is 3. The van der Waals surface area contributed by atoms with E-state index >= 15 is 0 Å². The summed E-state index contributed by atoms with van der Waals surface area (Å²) < 4.78 is 37.9. The van der Waals surface area contributed by atoms with Gasteiger partial charge in [-0.1, -0.05) is 12.6 Å². The summed E-state index contributed by atoms with van der Waals surface area (Å²) >= 11 is 0. The fourth-order valence-corrected chi connectivity index (χ4v) is 1.50. The van der Waals surface area contributed by atoms with Crippen LogP contribution in [0.5, 0.6) is 0 Å². The SMILES string of the molecule is C=C1NC(=O)c2cccc(C(F)(F)F)c2N1. The van der Waals surface area contributed by atoms with E-state index in [1.807, 2.05) is 0 Å². The van der Waals surface area contributed by atoms with Gasteiger partial charge in [0.15, 0.2) is 0 Å². The van der Waals surface area contributed by atoms with E-state index < -0.39 is 17.6 Å². The van der Waals surface area contributed by atoms with Crippen molar-refractivity contribution < 1.29 is 18.0 Å². The van der Waals surface area contributed by atoms with E-state index in [0.717, 1.165) is 6.07 Å². The quantitative estimate of drug-likeness (QED) is 0.715. The number of carbonyl (C=O) groups is 1. The molecular formula is C10H7F3N2O. The molecule has 0 radical (unpaired) electrons. The van der Waals surface area contributed by atoms with Gasteiger partial charge in [-0.25, -0.2) is 0 Å². The molecule has 1 aliphatic rings. The topological polar surface area (TPSA) is 41.1 Å². The van der Waals surface area contributed by atoms with Crippen LogP contribution in [0.1, 0.15) is 15.9 Å². The first kappa shape index (κ1) is 10.5. The number of anilines is 1. The Hall–Kier alpha value is -1.98. The molecule has 1 amide bonds. The molecule has 0 atom stereocenters. The average molecular weight is 228 g/mol. The number of amides is 1. The number of rotatable bonds is 0. The highest BCUT2D eigenvalue weighted by molar-refractivity contribution is 6.03. The van der Waals surface area contributed by atoms with Gasteiger partial charge in [0.05, 0.1) is 16.8 Å². The molecule has 0 fully saturated rings. The number of benzene rings is 1. The van der Waals surface area contributed by atoms with Crippen molar-refractivity contribution in [3.63, 3.8) is 0 Å². The highest BCUT2D eigenvalue weighted by atomic mass is 19.4. The lowest BCUT2D eigenvalue weighted by Crippen LogP contribution is -2.33. The zero-order valence-electron chi connectivity index (χ0n) is 7.98. The Morgan fingerprint density at radius 1 is 1.19 bits per heavy atom. The number of alkyl halides is 3. The Balaban J connectivity index is 2.63. The lowest BCUT2D eigenvalue weighted by atomic mass is 10.0. The van der Waals surface area contributed by atoms with E-state index in [0.29, 0.717) is 0 Å². The highest BCUT2D eigenvalue weighted by Crippen LogP contribution is 2.37. The smallest absolute Gasteiger partial charge is 0.341 e. The first-order chi connectivity index (χ1) is 7.39. The van der Waals surface area contributed by atoms with Crippen LogP contribution in [0.3, 0.4) is 0 Å². The maximum atomic E-state index is 12.6. The van der Waals surface area contributed by atoms with Gasteiger partial charge in [0.25, 0.3) is 5.91 Å². The van der Waals surface area contributed by atoms with Crippen molar-refractivity contribution in [1.29, 1.82) is 0 Å². The van der Waals surface area contributed by atoms with Crippen LogP contribution >= 0.6 is 0 Å². The molecule has 3 nitrogen and oxygen atoms in total. The highest BCUT2D eigenvalue weighted by Gasteiger charge is 2.36. The average Bonchev–Trinajstić information content (AvgIpc) is 2.15. The summed E-state index contributed by atoms with van der Waals surface area (Å²) in [7, 11) is 0. The normalized spacial score (nSPS) is 15.2. The largest absolute Gasteiger partial charge is 0.418 e. The first-order valence-electron chi connectivity index (χ1n) is 4.37. The summed E-state index contributed by atoms with van der Waals surface area (Å²) in [6, 6.07) is 3.42. The standard InChI is InChI=1S/C10H7F3N2O/c1-5-14-8-6(9(16)15-5)3-2-4-7(8)10(11,12)13/h2-4,14H,1H2,(H,15,16). The molecule has 0 saturated heterocycles. The fraction of sp³-hybridized carbons (Fsp3) is 0.100. The molecule has 1 heterocycles. The van der Waals surface area contributed by atoms with Crippen molar-refractivity contribution in [3.05, 3.63) is 41.7 Å². The van der Waals surface area contributed by atoms with Crippen LogP contribution in [0.4, 0.5) is 18.9 Å². The van der Waals surface area contributed by atoms with Crippen molar-refractivity contribution in [2.75, 3.05) is 5.32 Å². The molecular weight excluding hydrogens is 221 g/mol. The van der Waals surface area contributed by atoms with Crippen LogP contribution in [-0.2, 0) is 6.18 Å². The molecule has 0 unspecified atom stereocenters. The monoisotopic (exact) mass is 228 g/mol. The Kier molecular flexibility index (Phi) is 2.15. The third kappa shape index (κ3) is 1.62. The number of hydrogen-bond acceptors (Lipinski definition) is 2. The number of fused-ring (bicyclic) bond motifs is 1. The minimum absolute atomic E-state index is 0.0363. The number of nitrogens with one attached hydrogen (secondary N) is 2. The molecule has 0 aliphatic carbocycles. The zero-order chi connectivity index (χ0) is 11.9. The maximum Gasteiger partial charge on any atom is 0.418 e. The van der Waals surface area contributed by atoms with Crippen LogP contribution < -0.4 is 10.6 Å². The van der Waals surface area contributed by atoms with E-state index in [4.69, 9.17) is 0 Å². The van der Waals surface area contributed by atoms with E-state index in [1.54, 1.807) is 0 Å². The van der Waals surface area contributed by atoms with Crippen molar-refractivity contribution in [3.8, 4) is 0 Å². The minimum atomic E-state index is -4.50. The number of para-hydroxylation sites is 1. The lowest BCUT2D eigenvalue weighted by molar-refractivity contribution is -0.136. The summed E-state index contributed by atoms with van der Waals surface area (Å²) in [6.45, 7) is 3.38. The van der Waals surface area contributed by atoms with Gasteiger partial charge in [-0.3, -0.25) is 4.79 Å². The summed E-state index contributed by atoms with van der Waals surface area (Å²) in [5.74, 6) is -0.556. The van der Waals surface area contributed by atoms with E-state index in [-0.39, 0.29) is 17.1 Å². The van der Waals surface area contributed by atoms with Gasteiger partial charge >= 0.3 is 6.18 Å². The predicted octanol–water partition coefficient (Wildman–Crippen LogP) is 2.33. The molecule has 2 rings (SSSR count). The summed E-state index contributed by atoms with van der Waals surface area (Å²) in [6.07, 6.45) is -4.50. The molecule has 1 aliphatic heterocycles. The second-order valence-electron chi connectivity index (χ2n) is 3.28. The molecule has 0 bridgehead atoms. The third-order valence-electron chi connectivity index (χ3n) is 2.15. The van der Waals surface area contributed by atoms with Gasteiger partial charge in [0, 0.05) is 0 Å². The Bertz CT molecular complexity index is 479. The van der Waals surface area contributed by atoms with Crippen molar-refractivity contribution >= 4 is 11.6 Å². The number of carbonyl (C=O) groups excluding carboxylic acids is 1. The molecule has 16 heavy (non-hydrogen) atoms. The van der Waals surface area contributed by atoms with Crippen LogP contribution in [0.25, 0.3) is 0 Å². The molecule has 2 N–H and O–H groups in total. The van der Waals surface area contributed by atoms with E-state index in [1.165, 1.54) is 12.1 Å². The molecule has 1 aromatic carbocycles.